The summed E-state index contributed by atoms with van der Waals surface area (Å²) in [5.41, 5.74) is 6.20. The molecule has 0 aliphatic heterocycles. The van der Waals surface area contributed by atoms with Crippen molar-refractivity contribution in [3.8, 4) is 5.75 Å². The second-order valence-electron chi connectivity index (χ2n) is 4.24. The molecule has 3 N–H and O–H groups in total. The highest BCUT2D eigenvalue weighted by atomic mass is 28.4. The van der Waals surface area contributed by atoms with E-state index < -0.39 is 14.3 Å². The van der Waals surface area contributed by atoms with Crippen molar-refractivity contribution < 1.29 is 14.3 Å². The molecule has 0 aliphatic rings. The van der Waals surface area contributed by atoms with E-state index in [1.807, 2.05) is 19.6 Å². The van der Waals surface area contributed by atoms with Gasteiger partial charge in [0.15, 0.2) is 0 Å². The second kappa shape index (κ2) is 3.94. The second-order valence-corrected chi connectivity index (χ2v) is 8.67. The molecule has 1 aromatic rings. The largest absolute Gasteiger partial charge is 0.542 e. The lowest BCUT2D eigenvalue weighted by molar-refractivity contribution is 0.0695. The van der Waals surface area contributed by atoms with Crippen molar-refractivity contribution in [1.29, 1.82) is 0 Å². The Kier molecular flexibility index (Phi) is 3.04. The van der Waals surface area contributed by atoms with Gasteiger partial charge in [-0.3, -0.25) is 0 Å². The fourth-order valence-electron chi connectivity index (χ4n) is 1.14. The first kappa shape index (κ1) is 11.6. The minimum Gasteiger partial charge on any atom is -0.542 e. The molecule has 0 amide bonds. The topological polar surface area (TPSA) is 72.5 Å². The third-order valence-electron chi connectivity index (χ3n) is 1.68. The number of hydrogen-bond acceptors (Lipinski definition) is 3. The van der Waals surface area contributed by atoms with Gasteiger partial charge in [-0.05, 0) is 31.8 Å². The average molecular weight is 225 g/mol. The van der Waals surface area contributed by atoms with Crippen LogP contribution in [0.2, 0.25) is 19.6 Å². The Morgan fingerprint density at radius 1 is 1.40 bits per heavy atom. The third-order valence-corrected chi connectivity index (χ3v) is 2.50. The number of hydrogen-bond donors (Lipinski definition) is 2. The number of nitrogens with two attached hydrogens (primary N) is 1. The molecule has 5 heteroatoms. The highest BCUT2D eigenvalue weighted by molar-refractivity contribution is 6.70. The summed E-state index contributed by atoms with van der Waals surface area (Å²) < 4.78 is 5.66. The van der Waals surface area contributed by atoms with Crippen molar-refractivity contribution in [2.75, 3.05) is 5.73 Å². The van der Waals surface area contributed by atoms with Crippen LogP contribution in [0.1, 0.15) is 10.4 Å². The van der Waals surface area contributed by atoms with E-state index in [1.165, 1.54) is 6.07 Å². The Morgan fingerprint density at radius 2 is 2.00 bits per heavy atom. The molecular formula is C10H15NO3Si. The number of nitrogen functional groups attached to an aromatic ring is 1. The number of carboxylic acid groups (broad SMARTS) is 1. The molecular weight excluding hydrogens is 210 g/mol. The zero-order chi connectivity index (χ0) is 11.6. The molecule has 82 valence electrons. The molecule has 4 nitrogen and oxygen atoms in total. The van der Waals surface area contributed by atoms with E-state index in [0.29, 0.717) is 11.4 Å². The summed E-state index contributed by atoms with van der Waals surface area (Å²) in [6.07, 6.45) is 0. The summed E-state index contributed by atoms with van der Waals surface area (Å²) in [5.74, 6) is -0.722. The highest BCUT2D eigenvalue weighted by Crippen LogP contribution is 2.28. The maximum atomic E-state index is 10.9. The molecule has 0 aromatic heterocycles. The fourth-order valence-corrected chi connectivity index (χ4v) is 1.98. The number of carboxylic acids is 1. The minimum atomic E-state index is -1.85. The SMILES string of the molecule is C[Si](C)(C)Oc1c(N)cccc1C(=O)O. The van der Waals surface area contributed by atoms with E-state index in [4.69, 9.17) is 15.3 Å². The number of aromatic carboxylic acids is 1. The van der Waals surface area contributed by atoms with E-state index >= 15 is 0 Å². The maximum absolute atomic E-state index is 10.9. The van der Waals surface area contributed by atoms with Crippen LogP contribution < -0.4 is 10.2 Å². The van der Waals surface area contributed by atoms with Crippen molar-refractivity contribution in [2.24, 2.45) is 0 Å². The van der Waals surface area contributed by atoms with Crippen LogP contribution in [0, 0.1) is 0 Å². The summed E-state index contributed by atoms with van der Waals surface area (Å²) in [6, 6.07) is 4.74. The molecule has 0 bridgehead atoms. The van der Waals surface area contributed by atoms with Crippen LogP contribution in [0.15, 0.2) is 18.2 Å². The molecule has 0 unspecified atom stereocenters. The Hall–Kier alpha value is -1.49. The summed E-state index contributed by atoms with van der Waals surface area (Å²) in [6.45, 7) is 5.93. The summed E-state index contributed by atoms with van der Waals surface area (Å²) in [7, 11) is -1.85. The molecule has 0 spiro atoms. The molecule has 0 radical (unpaired) electrons. The van der Waals surface area contributed by atoms with Gasteiger partial charge in [0, 0.05) is 0 Å². The molecule has 0 saturated carbocycles. The Balaban J connectivity index is 3.19. The summed E-state index contributed by atoms with van der Waals surface area (Å²) in [5, 5.41) is 8.97. The van der Waals surface area contributed by atoms with Crippen molar-refractivity contribution in [3.63, 3.8) is 0 Å². The van der Waals surface area contributed by atoms with Gasteiger partial charge in [-0.2, -0.15) is 0 Å². The average Bonchev–Trinajstić information content (AvgIpc) is 2.05. The number of carbonyl (C=O) groups is 1. The lowest BCUT2D eigenvalue weighted by Gasteiger charge is -2.21. The van der Waals surface area contributed by atoms with E-state index in [9.17, 15) is 4.79 Å². The van der Waals surface area contributed by atoms with Gasteiger partial charge in [0.25, 0.3) is 0 Å². The zero-order valence-corrected chi connectivity index (χ0v) is 10.1. The Labute approximate surface area is 89.8 Å². The molecule has 0 saturated heterocycles. The molecule has 0 heterocycles. The monoisotopic (exact) mass is 225 g/mol. The predicted molar refractivity (Wildman–Crippen MR) is 61.8 cm³/mol. The van der Waals surface area contributed by atoms with Crippen LogP contribution in [-0.4, -0.2) is 19.4 Å². The van der Waals surface area contributed by atoms with Gasteiger partial charge in [-0.25, -0.2) is 4.79 Å². The molecule has 15 heavy (non-hydrogen) atoms. The van der Waals surface area contributed by atoms with Crippen LogP contribution >= 0.6 is 0 Å². The first-order chi connectivity index (χ1) is 6.81. The number of para-hydroxylation sites is 1. The maximum Gasteiger partial charge on any atom is 0.339 e. The molecule has 1 rings (SSSR count). The predicted octanol–water partition coefficient (Wildman–Crippen LogP) is 2.18. The van der Waals surface area contributed by atoms with E-state index in [1.54, 1.807) is 12.1 Å². The number of rotatable bonds is 3. The zero-order valence-electron chi connectivity index (χ0n) is 9.07. The quantitative estimate of drug-likeness (QED) is 0.611. The van der Waals surface area contributed by atoms with Crippen LogP contribution in [-0.2, 0) is 0 Å². The molecule has 1 aromatic carbocycles. The van der Waals surface area contributed by atoms with Crippen LogP contribution in [0.4, 0.5) is 5.69 Å². The highest BCUT2D eigenvalue weighted by Gasteiger charge is 2.22. The van der Waals surface area contributed by atoms with Gasteiger partial charge >= 0.3 is 5.97 Å². The lowest BCUT2D eigenvalue weighted by Crippen LogP contribution is -2.30. The van der Waals surface area contributed by atoms with Gasteiger partial charge in [0.05, 0.1) is 5.69 Å². The van der Waals surface area contributed by atoms with Crippen LogP contribution in [0.5, 0.6) is 5.75 Å². The number of benzene rings is 1. The van der Waals surface area contributed by atoms with E-state index in [0.717, 1.165) is 0 Å². The molecule has 0 aliphatic carbocycles. The Bertz CT molecular complexity index is 385. The van der Waals surface area contributed by atoms with E-state index in [-0.39, 0.29) is 5.56 Å². The Morgan fingerprint density at radius 3 is 2.47 bits per heavy atom. The first-order valence-corrected chi connectivity index (χ1v) is 8.03. The van der Waals surface area contributed by atoms with Gasteiger partial charge in [0.2, 0.25) is 8.32 Å². The van der Waals surface area contributed by atoms with Crippen LogP contribution in [0.25, 0.3) is 0 Å². The van der Waals surface area contributed by atoms with Gasteiger partial charge in [-0.1, -0.05) is 6.07 Å². The lowest BCUT2D eigenvalue weighted by atomic mass is 10.2. The summed E-state index contributed by atoms with van der Waals surface area (Å²) >= 11 is 0. The fraction of sp³-hybridized carbons (Fsp3) is 0.300. The smallest absolute Gasteiger partial charge is 0.339 e. The van der Waals surface area contributed by atoms with Crippen LogP contribution in [0.3, 0.4) is 0 Å². The summed E-state index contributed by atoms with van der Waals surface area (Å²) in [4.78, 5) is 10.9. The number of anilines is 1. The molecule has 0 fully saturated rings. The van der Waals surface area contributed by atoms with Crippen molar-refractivity contribution in [3.05, 3.63) is 23.8 Å². The normalized spacial score (nSPS) is 11.1. The third kappa shape index (κ3) is 2.98. The van der Waals surface area contributed by atoms with Crippen molar-refractivity contribution in [2.45, 2.75) is 19.6 Å². The van der Waals surface area contributed by atoms with Gasteiger partial charge < -0.3 is 15.3 Å². The van der Waals surface area contributed by atoms with Gasteiger partial charge in [0.1, 0.15) is 11.3 Å². The van der Waals surface area contributed by atoms with E-state index in [2.05, 4.69) is 0 Å². The minimum absolute atomic E-state index is 0.123. The standard InChI is InChI=1S/C10H15NO3Si/c1-15(2,3)14-9-7(10(12)13)5-4-6-8(9)11/h4-6H,11H2,1-3H3,(H,12,13). The van der Waals surface area contributed by atoms with Gasteiger partial charge in [-0.15, -0.1) is 0 Å². The van der Waals surface area contributed by atoms with Crippen molar-refractivity contribution >= 4 is 20.0 Å². The first-order valence-electron chi connectivity index (χ1n) is 4.62. The molecule has 0 atom stereocenters. The van der Waals surface area contributed by atoms with Crippen molar-refractivity contribution in [1.82, 2.24) is 0 Å².